The van der Waals surface area contributed by atoms with Gasteiger partial charge >= 0.3 is 0 Å². The molecule has 2 fully saturated rings. The zero-order valence-corrected chi connectivity index (χ0v) is 9.73. The molecule has 0 spiro atoms. The highest BCUT2D eigenvalue weighted by Gasteiger charge is 2.35. The van der Waals surface area contributed by atoms with Crippen molar-refractivity contribution >= 4 is 5.69 Å². The lowest BCUT2D eigenvalue weighted by Gasteiger charge is -2.16. The SMILES string of the molecule is Nc1ccc(CN2CC3CCCC3C2)cc1. The Bertz CT molecular complexity index is 346. The molecule has 2 nitrogen and oxygen atoms in total. The van der Waals surface area contributed by atoms with Crippen LogP contribution in [0.5, 0.6) is 0 Å². The van der Waals surface area contributed by atoms with Crippen LogP contribution in [0.15, 0.2) is 24.3 Å². The molecule has 3 rings (SSSR count). The average Bonchev–Trinajstić information content (AvgIpc) is 2.81. The highest BCUT2D eigenvalue weighted by molar-refractivity contribution is 5.39. The minimum Gasteiger partial charge on any atom is -0.399 e. The molecular formula is C14H20N2. The first-order chi connectivity index (χ1) is 7.81. The van der Waals surface area contributed by atoms with Crippen molar-refractivity contribution in [2.24, 2.45) is 11.8 Å². The van der Waals surface area contributed by atoms with E-state index in [1.54, 1.807) is 0 Å². The quantitative estimate of drug-likeness (QED) is 0.770. The van der Waals surface area contributed by atoms with Crippen LogP contribution in [0.25, 0.3) is 0 Å². The van der Waals surface area contributed by atoms with Crippen molar-refractivity contribution in [2.45, 2.75) is 25.8 Å². The molecule has 0 aromatic heterocycles. The lowest BCUT2D eigenvalue weighted by atomic mass is 10.0. The first-order valence-corrected chi connectivity index (χ1v) is 6.38. The molecule has 86 valence electrons. The Morgan fingerprint density at radius 2 is 1.69 bits per heavy atom. The molecule has 2 unspecified atom stereocenters. The second-order valence-corrected chi connectivity index (χ2v) is 5.39. The van der Waals surface area contributed by atoms with Crippen LogP contribution in [0.1, 0.15) is 24.8 Å². The molecule has 2 aliphatic rings. The summed E-state index contributed by atoms with van der Waals surface area (Å²) in [6.45, 7) is 3.73. The molecule has 1 aliphatic carbocycles. The van der Waals surface area contributed by atoms with Crippen LogP contribution in [-0.2, 0) is 6.54 Å². The van der Waals surface area contributed by atoms with E-state index in [4.69, 9.17) is 5.73 Å². The van der Waals surface area contributed by atoms with Gasteiger partial charge < -0.3 is 5.73 Å². The number of nitrogens with two attached hydrogens (primary N) is 1. The van der Waals surface area contributed by atoms with E-state index >= 15 is 0 Å². The number of hydrogen-bond acceptors (Lipinski definition) is 2. The van der Waals surface area contributed by atoms with E-state index in [1.165, 1.54) is 37.9 Å². The van der Waals surface area contributed by atoms with Crippen molar-refractivity contribution in [1.29, 1.82) is 0 Å². The van der Waals surface area contributed by atoms with Gasteiger partial charge in [0.25, 0.3) is 0 Å². The summed E-state index contributed by atoms with van der Waals surface area (Å²) in [5.74, 6) is 1.99. The van der Waals surface area contributed by atoms with Crippen LogP contribution in [0.4, 0.5) is 5.69 Å². The summed E-state index contributed by atoms with van der Waals surface area (Å²) in [4.78, 5) is 2.61. The van der Waals surface area contributed by atoms with Gasteiger partial charge in [-0.05, 0) is 42.4 Å². The van der Waals surface area contributed by atoms with Gasteiger partial charge in [0.05, 0.1) is 0 Å². The molecule has 0 bridgehead atoms. The van der Waals surface area contributed by atoms with Crippen LogP contribution in [0.3, 0.4) is 0 Å². The third kappa shape index (κ3) is 1.94. The van der Waals surface area contributed by atoms with Crippen molar-refractivity contribution in [3.05, 3.63) is 29.8 Å². The summed E-state index contributed by atoms with van der Waals surface area (Å²) in [5, 5.41) is 0. The zero-order chi connectivity index (χ0) is 11.0. The first-order valence-electron chi connectivity index (χ1n) is 6.38. The topological polar surface area (TPSA) is 29.3 Å². The van der Waals surface area contributed by atoms with Crippen LogP contribution in [-0.4, -0.2) is 18.0 Å². The number of anilines is 1. The molecule has 0 amide bonds. The normalized spacial score (nSPS) is 29.5. The number of nitrogens with zero attached hydrogens (tertiary/aromatic N) is 1. The second kappa shape index (κ2) is 4.10. The van der Waals surface area contributed by atoms with Gasteiger partial charge in [-0.25, -0.2) is 0 Å². The third-order valence-electron chi connectivity index (χ3n) is 4.19. The van der Waals surface area contributed by atoms with E-state index in [1.807, 2.05) is 12.1 Å². The number of rotatable bonds is 2. The molecule has 2 N–H and O–H groups in total. The Morgan fingerprint density at radius 3 is 2.31 bits per heavy atom. The number of hydrogen-bond donors (Lipinski definition) is 1. The van der Waals surface area contributed by atoms with Gasteiger partial charge in [0.1, 0.15) is 0 Å². The van der Waals surface area contributed by atoms with Gasteiger partial charge in [-0.1, -0.05) is 18.6 Å². The summed E-state index contributed by atoms with van der Waals surface area (Å²) < 4.78 is 0. The van der Waals surface area contributed by atoms with Crippen molar-refractivity contribution in [3.8, 4) is 0 Å². The maximum absolute atomic E-state index is 5.70. The second-order valence-electron chi connectivity index (χ2n) is 5.39. The fourth-order valence-electron chi connectivity index (χ4n) is 3.34. The van der Waals surface area contributed by atoms with Gasteiger partial charge in [0.15, 0.2) is 0 Å². The Balaban J connectivity index is 1.62. The number of fused-ring (bicyclic) bond motifs is 1. The molecule has 16 heavy (non-hydrogen) atoms. The largest absolute Gasteiger partial charge is 0.399 e. The maximum Gasteiger partial charge on any atom is 0.0314 e. The van der Waals surface area contributed by atoms with Gasteiger partial charge in [-0.2, -0.15) is 0 Å². The smallest absolute Gasteiger partial charge is 0.0314 e. The fraction of sp³-hybridized carbons (Fsp3) is 0.571. The third-order valence-corrected chi connectivity index (χ3v) is 4.19. The summed E-state index contributed by atoms with van der Waals surface area (Å²) in [5.41, 5.74) is 7.96. The fourth-order valence-corrected chi connectivity index (χ4v) is 3.34. The molecular weight excluding hydrogens is 196 g/mol. The van der Waals surface area contributed by atoms with E-state index < -0.39 is 0 Å². The zero-order valence-electron chi connectivity index (χ0n) is 9.73. The maximum atomic E-state index is 5.70. The minimum atomic E-state index is 0.863. The Hall–Kier alpha value is -1.02. The molecule has 1 aromatic rings. The Kier molecular flexibility index (Phi) is 2.60. The van der Waals surface area contributed by atoms with E-state index in [2.05, 4.69) is 17.0 Å². The molecule has 1 heterocycles. The molecule has 1 saturated carbocycles. The lowest BCUT2D eigenvalue weighted by molar-refractivity contribution is 0.303. The van der Waals surface area contributed by atoms with Crippen molar-refractivity contribution in [1.82, 2.24) is 4.90 Å². The highest BCUT2D eigenvalue weighted by atomic mass is 15.2. The van der Waals surface area contributed by atoms with Gasteiger partial charge in [-0.15, -0.1) is 0 Å². The summed E-state index contributed by atoms with van der Waals surface area (Å²) in [6.07, 6.45) is 4.39. The summed E-state index contributed by atoms with van der Waals surface area (Å²) in [7, 11) is 0. The van der Waals surface area contributed by atoms with E-state index in [0.29, 0.717) is 0 Å². The van der Waals surface area contributed by atoms with E-state index in [9.17, 15) is 0 Å². The van der Waals surface area contributed by atoms with E-state index in [0.717, 1.165) is 24.1 Å². The van der Waals surface area contributed by atoms with Gasteiger partial charge in [-0.3, -0.25) is 4.90 Å². The van der Waals surface area contributed by atoms with Crippen molar-refractivity contribution in [3.63, 3.8) is 0 Å². The molecule has 1 aliphatic heterocycles. The van der Waals surface area contributed by atoms with Crippen LogP contribution >= 0.6 is 0 Å². The number of nitrogen functional groups attached to an aromatic ring is 1. The molecule has 2 heteroatoms. The van der Waals surface area contributed by atoms with Crippen LogP contribution < -0.4 is 5.73 Å². The van der Waals surface area contributed by atoms with Gasteiger partial charge in [0.2, 0.25) is 0 Å². The summed E-state index contributed by atoms with van der Waals surface area (Å²) >= 11 is 0. The number of benzene rings is 1. The average molecular weight is 216 g/mol. The van der Waals surface area contributed by atoms with Crippen LogP contribution in [0.2, 0.25) is 0 Å². The predicted octanol–water partition coefficient (Wildman–Crippen LogP) is 2.50. The van der Waals surface area contributed by atoms with Crippen molar-refractivity contribution in [2.75, 3.05) is 18.8 Å². The first kappa shape index (κ1) is 10.2. The van der Waals surface area contributed by atoms with Crippen molar-refractivity contribution < 1.29 is 0 Å². The molecule has 1 aromatic carbocycles. The van der Waals surface area contributed by atoms with Crippen LogP contribution in [0, 0.1) is 11.8 Å². The molecule has 2 atom stereocenters. The predicted molar refractivity (Wildman–Crippen MR) is 67.0 cm³/mol. The molecule has 1 saturated heterocycles. The highest BCUT2D eigenvalue weighted by Crippen LogP contribution is 2.38. The number of likely N-dealkylation sites (tertiary alicyclic amines) is 1. The summed E-state index contributed by atoms with van der Waals surface area (Å²) in [6, 6.07) is 8.32. The standard InChI is InChI=1S/C14H20N2/c15-14-6-4-11(5-7-14)8-16-9-12-2-1-3-13(12)10-16/h4-7,12-13H,1-3,8-10,15H2. The Labute approximate surface area is 97.4 Å². The Morgan fingerprint density at radius 1 is 1.06 bits per heavy atom. The van der Waals surface area contributed by atoms with E-state index in [-0.39, 0.29) is 0 Å². The molecule has 0 radical (unpaired) electrons. The lowest BCUT2D eigenvalue weighted by Crippen LogP contribution is -2.21. The monoisotopic (exact) mass is 216 g/mol. The minimum absolute atomic E-state index is 0.863. The van der Waals surface area contributed by atoms with Gasteiger partial charge in [0, 0.05) is 25.3 Å².